The maximum absolute atomic E-state index is 12.5. The number of esters is 2. The average molecular weight is 318 g/mol. The first kappa shape index (κ1) is 17.5. The lowest BCUT2D eigenvalue weighted by atomic mass is 9.79. The van der Waals surface area contributed by atoms with Gasteiger partial charge in [-0.1, -0.05) is 38.8 Å². The highest BCUT2D eigenvalue weighted by Gasteiger charge is 2.38. The van der Waals surface area contributed by atoms with Gasteiger partial charge in [0.2, 0.25) is 0 Å². The fourth-order valence-electron chi connectivity index (χ4n) is 2.92. The molecule has 1 aromatic rings. The Labute approximate surface area is 138 Å². The standard InChI is InChI=1S/C19H26O4/c1-13(2)12-22-18(20)16-9-4-5-10-17(16)19(21)23-15-8-6-7-14(3)11-15/h6-8,11,13,16-17H,4-5,9-10,12H2,1-3H3. The van der Waals surface area contributed by atoms with Gasteiger partial charge in [0.1, 0.15) is 5.75 Å². The molecule has 4 nitrogen and oxygen atoms in total. The van der Waals surface area contributed by atoms with E-state index in [9.17, 15) is 9.59 Å². The highest BCUT2D eigenvalue weighted by Crippen LogP contribution is 2.32. The van der Waals surface area contributed by atoms with Crippen LogP contribution in [-0.2, 0) is 14.3 Å². The SMILES string of the molecule is Cc1cccc(OC(=O)C2CCCCC2C(=O)OCC(C)C)c1. The van der Waals surface area contributed by atoms with Crippen LogP contribution in [0.3, 0.4) is 0 Å². The minimum absolute atomic E-state index is 0.260. The van der Waals surface area contributed by atoms with E-state index in [4.69, 9.17) is 9.47 Å². The third-order valence-electron chi connectivity index (χ3n) is 4.14. The molecular weight excluding hydrogens is 292 g/mol. The Morgan fingerprint density at radius 3 is 2.39 bits per heavy atom. The van der Waals surface area contributed by atoms with Crippen molar-refractivity contribution >= 4 is 11.9 Å². The lowest BCUT2D eigenvalue weighted by Gasteiger charge is -2.28. The molecule has 2 unspecified atom stereocenters. The van der Waals surface area contributed by atoms with Crippen LogP contribution in [0.15, 0.2) is 24.3 Å². The molecule has 1 aromatic carbocycles. The molecule has 0 heterocycles. The number of aryl methyl sites for hydroxylation is 1. The lowest BCUT2D eigenvalue weighted by molar-refractivity contribution is -0.159. The summed E-state index contributed by atoms with van der Waals surface area (Å²) in [5.41, 5.74) is 1.03. The minimum atomic E-state index is -0.399. The Morgan fingerprint density at radius 2 is 1.78 bits per heavy atom. The first-order valence-electron chi connectivity index (χ1n) is 8.42. The number of hydrogen-bond acceptors (Lipinski definition) is 4. The van der Waals surface area contributed by atoms with Gasteiger partial charge in [-0.2, -0.15) is 0 Å². The maximum atomic E-state index is 12.5. The van der Waals surface area contributed by atoms with Gasteiger partial charge in [-0.15, -0.1) is 0 Å². The van der Waals surface area contributed by atoms with E-state index >= 15 is 0 Å². The molecule has 2 atom stereocenters. The van der Waals surface area contributed by atoms with E-state index < -0.39 is 5.92 Å². The Morgan fingerprint density at radius 1 is 1.13 bits per heavy atom. The molecule has 0 aliphatic heterocycles. The fraction of sp³-hybridized carbons (Fsp3) is 0.579. The minimum Gasteiger partial charge on any atom is -0.465 e. The predicted molar refractivity (Wildman–Crippen MR) is 88.1 cm³/mol. The number of benzene rings is 1. The average Bonchev–Trinajstić information content (AvgIpc) is 2.52. The van der Waals surface area contributed by atoms with Crippen LogP contribution in [0.2, 0.25) is 0 Å². The van der Waals surface area contributed by atoms with Gasteiger partial charge in [0.25, 0.3) is 0 Å². The number of carbonyl (C=O) groups is 2. The van der Waals surface area contributed by atoms with Crippen molar-refractivity contribution in [1.82, 2.24) is 0 Å². The van der Waals surface area contributed by atoms with E-state index in [0.717, 1.165) is 18.4 Å². The van der Waals surface area contributed by atoms with E-state index in [1.54, 1.807) is 6.07 Å². The summed E-state index contributed by atoms with van der Waals surface area (Å²) in [6, 6.07) is 7.39. The number of hydrogen-bond donors (Lipinski definition) is 0. The molecule has 0 spiro atoms. The van der Waals surface area contributed by atoms with Crippen molar-refractivity contribution in [1.29, 1.82) is 0 Å². The summed E-state index contributed by atoms with van der Waals surface area (Å²) >= 11 is 0. The normalized spacial score (nSPS) is 21.0. The van der Waals surface area contributed by atoms with Crippen LogP contribution in [-0.4, -0.2) is 18.5 Å². The van der Waals surface area contributed by atoms with Crippen molar-refractivity contribution < 1.29 is 19.1 Å². The lowest BCUT2D eigenvalue weighted by Crippen LogP contribution is -2.36. The molecule has 4 heteroatoms. The van der Waals surface area contributed by atoms with Crippen molar-refractivity contribution in [2.45, 2.75) is 46.5 Å². The third-order valence-corrected chi connectivity index (χ3v) is 4.14. The molecule has 0 saturated heterocycles. The number of carbonyl (C=O) groups excluding carboxylic acids is 2. The summed E-state index contributed by atoms with van der Waals surface area (Å²) in [5.74, 6) is -0.523. The first-order valence-corrected chi connectivity index (χ1v) is 8.42. The molecular formula is C19H26O4. The van der Waals surface area contributed by atoms with E-state index in [2.05, 4.69) is 0 Å². The molecule has 0 amide bonds. The third kappa shape index (κ3) is 5.08. The Kier molecular flexibility index (Phi) is 6.20. The topological polar surface area (TPSA) is 52.6 Å². The monoisotopic (exact) mass is 318 g/mol. The van der Waals surface area contributed by atoms with Gasteiger partial charge in [0.05, 0.1) is 18.4 Å². The van der Waals surface area contributed by atoms with Gasteiger partial charge in [0, 0.05) is 0 Å². The highest BCUT2D eigenvalue weighted by molar-refractivity contribution is 5.83. The van der Waals surface area contributed by atoms with E-state index in [0.29, 0.717) is 31.1 Å². The summed E-state index contributed by atoms with van der Waals surface area (Å²) < 4.78 is 10.8. The van der Waals surface area contributed by atoms with Crippen LogP contribution < -0.4 is 4.74 Å². The molecule has 0 bridgehead atoms. The quantitative estimate of drug-likeness (QED) is 0.610. The molecule has 126 valence electrons. The molecule has 1 aliphatic rings. The van der Waals surface area contributed by atoms with Crippen molar-refractivity contribution in [3.05, 3.63) is 29.8 Å². The summed E-state index contributed by atoms with van der Waals surface area (Å²) in [6.07, 6.45) is 3.29. The molecule has 0 aromatic heterocycles. The van der Waals surface area contributed by atoms with E-state index in [1.165, 1.54) is 0 Å². The van der Waals surface area contributed by atoms with Gasteiger partial charge in [0.15, 0.2) is 0 Å². The molecule has 1 fully saturated rings. The number of rotatable bonds is 5. The summed E-state index contributed by atoms with van der Waals surface area (Å²) in [5, 5.41) is 0. The molecule has 2 rings (SSSR count). The van der Waals surface area contributed by atoms with Crippen LogP contribution in [0, 0.1) is 24.7 Å². The highest BCUT2D eigenvalue weighted by atomic mass is 16.5. The van der Waals surface area contributed by atoms with Crippen LogP contribution in [0.5, 0.6) is 5.75 Å². The smallest absolute Gasteiger partial charge is 0.315 e. The summed E-state index contributed by atoms with van der Waals surface area (Å²) in [6.45, 7) is 6.34. The molecule has 0 radical (unpaired) electrons. The molecule has 1 aliphatic carbocycles. The second kappa shape index (κ2) is 8.14. The Hall–Kier alpha value is -1.84. The zero-order valence-electron chi connectivity index (χ0n) is 14.2. The van der Waals surface area contributed by atoms with Gasteiger partial charge < -0.3 is 9.47 Å². The first-order chi connectivity index (χ1) is 11.0. The van der Waals surface area contributed by atoms with Gasteiger partial charge in [-0.25, -0.2) is 0 Å². The molecule has 1 saturated carbocycles. The van der Waals surface area contributed by atoms with Crippen LogP contribution in [0.25, 0.3) is 0 Å². The number of ether oxygens (including phenoxy) is 2. The van der Waals surface area contributed by atoms with Crippen molar-refractivity contribution in [2.75, 3.05) is 6.61 Å². The zero-order chi connectivity index (χ0) is 16.8. The fourth-order valence-corrected chi connectivity index (χ4v) is 2.92. The van der Waals surface area contributed by atoms with Crippen molar-refractivity contribution in [2.24, 2.45) is 17.8 Å². The van der Waals surface area contributed by atoms with E-state index in [1.807, 2.05) is 39.0 Å². The summed E-state index contributed by atoms with van der Waals surface area (Å²) in [7, 11) is 0. The molecule has 23 heavy (non-hydrogen) atoms. The van der Waals surface area contributed by atoms with Gasteiger partial charge in [-0.3, -0.25) is 9.59 Å². The second-order valence-electron chi connectivity index (χ2n) is 6.76. The molecule has 0 N–H and O–H groups in total. The van der Waals surface area contributed by atoms with Crippen LogP contribution >= 0.6 is 0 Å². The van der Waals surface area contributed by atoms with Crippen molar-refractivity contribution in [3.63, 3.8) is 0 Å². The maximum Gasteiger partial charge on any atom is 0.315 e. The Balaban J connectivity index is 2.02. The second-order valence-corrected chi connectivity index (χ2v) is 6.76. The van der Waals surface area contributed by atoms with Crippen molar-refractivity contribution in [3.8, 4) is 5.75 Å². The zero-order valence-corrected chi connectivity index (χ0v) is 14.2. The predicted octanol–water partition coefficient (Wildman–Crippen LogP) is 3.91. The van der Waals surface area contributed by atoms with Crippen LogP contribution in [0.1, 0.15) is 45.1 Å². The van der Waals surface area contributed by atoms with E-state index in [-0.39, 0.29) is 17.9 Å². The van der Waals surface area contributed by atoms with Crippen LogP contribution in [0.4, 0.5) is 0 Å². The largest absolute Gasteiger partial charge is 0.465 e. The summed E-state index contributed by atoms with van der Waals surface area (Å²) in [4.78, 5) is 24.8. The van der Waals surface area contributed by atoms with Gasteiger partial charge >= 0.3 is 11.9 Å². The Bertz CT molecular complexity index is 550. The van der Waals surface area contributed by atoms with Gasteiger partial charge in [-0.05, 0) is 43.4 Å².